The summed E-state index contributed by atoms with van der Waals surface area (Å²) in [6.07, 6.45) is 2.13. The number of piperidine rings is 1. The first kappa shape index (κ1) is 22.7. The number of nitrogens with zero attached hydrogens (tertiary/aromatic N) is 4. The Morgan fingerprint density at radius 3 is 2.69 bits per heavy atom. The van der Waals surface area contributed by atoms with Gasteiger partial charge < -0.3 is 9.88 Å². The van der Waals surface area contributed by atoms with E-state index in [1.54, 1.807) is 0 Å². The maximum Gasteiger partial charge on any atom is 0.282 e. The van der Waals surface area contributed by atoms with Crippen molar-refractivity contribution in [2.24, 2.45) is 0 Å². The van der Waals surface area contributed by atoms with Crippen molar-refractivity contribution in [3.63, 3.8) is 0 Å². The molecule has 5 rings (SSSR count). The van der Waals surface area contributed by atoms with Gasteiger partial charge in [-0.05, 0) is 49.9 Å². The lowest BCUT2D eigenvalue weighted by Crippen LogP contribution is -2.38. The van der Waals surface area contributed by atoms with Gasteiger partial charge in [0.15, 0.2) is 0 Å². The van der Waals surface area contributed by atoms with E-state index < -0.39 is 16.7 Å². The summed E-state index contributed by atoms with van der Waals surface area (Å²) in [5, 5.41) is 11.2. The topological polar surface area (TPSA) is 130 Å². The fourth-order valence-corrected chi connectivity index (χ4v) is 4.96. The minimum atomic E-state index is -0.674. The largest absolute Gasteiger partial charge is 0.343 e. The Kier molecular flexibility index (Phi) is 5.80. The highest BCUT2D eigenvalue weighted by Gasteiger charge is 2.40. The zero-order valence-electron chi connectivity index (χ0n) is 19.3. The van der Waals surface area contributed by atoms with Crippen LogP contribution in [0.4, 0.5) is 5.69 Å². The van der Waals surface area contributed by atoms with Gasteiger partial charge in [-0.25, -0.2) is 4.98 Å². The molecule has 2 aliphatic heterocycles. The molecule has 0 aliphatic carbocycles. The molecule has 2 aromatic carbocycles. The second-order valence-corrected chi connectivity index (χ2v) is 9.12. The van der Waals surface area contributed by atoms with Gasteiger partial charge in [-0.15, -0.1) is 0 Å². The van der Waals surface area contributed by atoms with Crippen molar-refractivity contribution in [2.75, 3.05) is 19.6 Å². The average Bonchev–Trinajstić information content (AvgIpc) is 3.38. The molecule has 0 saturated carbocycles. The van der Waals surface area contributed by atoms with Crippen LogP contribution in [0.25, 0.3) is 11.0 Å². The van der Waals surface area contributed by atoms with Crippen LogP contribution in [0.2, 0.25) is 0 Å². The highest BCUT2D eigenvalue weighted by molar-refractivity contribution is 6.23. The molecule has 1 saturated heterocycles. The first-order chi connectivity index (χ1) is 16.8. The Morgan fingerprint density at radius 1 is 1.17 bits per heavy atom. The van der Waals surface area contributed by atoms with E-state index in [0.717, 1.165) is 34.6 Å². The molecular weight excluding hydrogens is 450 g/mol. The predicted octanol–water partition coefficient (Wildman–Crippen LogP) is 3.56. The van der Waals surface area contributed by atoms with E-state index in [1.165, 1.54) is 23.8 Å². The summed E-state index contributed by atoms with van der Waals surface area (Å²) in [5.41, 5.74) is 2.64. The Hall–Kier alpha value is -4.08. The van der Waals surface area contributed by atoms with Crippen LogP contribution < -0.4 is 0 Å². The number of nitrogens with one attached hydrogen (secondary N) is 1. The fourth-order valence-electron chi connectivity index (χ4n) is 4.96. The van der Waals surface area contributed by atoms with Crippen molar-refractivity contribution >= 4 is 34.4 Å². The SMILES string of the molecule is Cc1ccc2nc(C3CCN(C(=O)CCCN4C(=O)c5cccc([N+](=O)[O-])c5C4=O)CC3)[nH]c2c1. The third-order valence-corrected chi connectivity index (χ3v) is 6.84. The number of benzene rings is 2. The number of aryl methyl sites for hydroxylation is 1. The molecule has 3 amide bonds. The Balaban J connectivity index is 1.14. The first-order valence-electron chi connectivity index (χ1n) is 11.7. The molecule has 3 aromatic rings. The third-order valence-electron chi connectivity index (χ3n) is 6.84. The van der Waals surface area contributed by atoms with Gasteiger partial charge in [0.05, 0.1) is 21.5 Å². The molecular formula is C25H25N5O5. The van der Waals surface area contributed by atoms with Crippen LogP contribution in [0.5, 0.6) is 0 Å². The highest BCUT2D eigenvalue weighted by atomic mass is 16.6. The van der Waals surface area contributed by atoms with E-state index in [4.69, 9.17) is 4.98 Å². The number of nitro benzene ring substituents is 1. The number of aromatic amines is 1. The molecule has 10 heteroatoms. The number of amides is 3. The molecule has 2 aliphatic rings. The molecule has 0 unspecified atom stereocenters. The summed E-state index contributed by atoms with van der Waals surface area (Å²) in [5.74, 6) is -0.0286. The van der Waals surface area contributed by atoms with Gasteiger partial charge in [0.25, 0.3) is 17.5 Å². The van der Waals surface area contributed by atoms with Crippen molar-refractivity contribution in [2.45, 2.75) is 38.5 Å². The number of carbonyl (C=O) groups is 3. The number of rotatable bonds is 6. The van der Waals surface area contributed by atoms with Gasteiger partial charge in [-0.1, -0.05) is 12.1 Å². The molecule has 10 nitrogen and oxygen atoms in total. The van der Waals surface area contributed by atoms with Crippen LogP contribution in [-0.2, 0) is 4.79 Å². The van der Waals surface area contributed by atoms with Gasteiger partial charge in [-0.2, -0.15) is 0 Å². The molecule has 35 heavy (non-hydrogen) atoms. The van der Waals surface area contributed by atoms with E-state index in [0.29, 0.717) is 19.5 Å². The van der Waals surface area contributed by atoms with Crippen LogP contribution >= 0.6 is 0 Å². The highest BCUT2D eigenvalue weighted by Crippen LogP contribution is 2.31. The van der Waals surface area contributed by atoms with Crippen LogP contribution in [0, 0.1) is 17.0 Å². The number of hydrogen-bond donors (Lipinski definition) is 1. The Labute approximate surface area is 201 Å². The number of H-pyrrole nitrogens is 1. The van der Waals surface area contributed by atoms with Crippen LogP contribution in [0.1, 0.15) is 63.7 Å². The number of hydrogen-bond acceptors (Lipinski definition) is 6. The first-order valence-corrected chi connectivity index (χ1v) is 11.7. The fraction of sp³-hybridized carbons (Fsp3) is 0.360. The molecule has 0 spiro atoms. The minimum absolute atomic E-state index is 0.0220. The van der Waals surface area contributed by atoms with Crippen LogP contribution in [-0.4, -0.2) is 62.0 Å². The summed E-state index contributed by atoms with van der Waals surface area (Å²) < 4.78 is 0. The summed E-state index contributed by atoms with van der Waals surface area (Å²) in [6, 6.07) is 10.2. The zero-order valence-corrected chi connectivity index (χ0v) is 19.3. The maximum atomic E-state index is 12.7. The van der Waals surface area contributed by atoms with E-state index in [1.807, 2.05) is 24.0 Å². The predicted molar refractivity (Wildman–Crippen MR) is 127 cm³/mol. The van der Waals surface area contributed by atoms with Crippen molar-refractivity contribution in [1.82, 2.24) is 19.8 Å². The Morgan fingerprint density at radius 2 is 1.94 bits per heavy atom. The second-order valence-electron chi connectivity index (χ2n) is 9.12. The number of fused-ring (bicyclic) bond motifs is 2. The van der Waals surface area contributed by atoms with E-state index in [-0.39, 0.29) is 41.6 Å². The number of imidazole rings is 1. The molecule has 1 N–H and O–H groups in total. The van der Waals surface area contributed by atoms with E-state index >= 15 is 0 Å². The number of nitro groups is 1. The molecule has 0 bridgehead atoms. The lowest BCUT2D eigenvalue weighted by Gasteiger charge is -2.31. The quantitative estimate of drug-likeness (QED) is 0.330. The van der Waals surface area contributed by atoms with Gasteiger partial charge >= 0.3 is 0 Å². The molecule has 1 fully saturated rings. The number of likely N-dealkylation sites (tertiary alicyclic amines) is 1. The van der Waals surface area contributed by atoms with Crippen LogP contribution in [0.15, 0.2) is 36.4 Å². The van der Waals surface area contributed by atoms with Crippen molar-refractivity contribution in [3.05, 3.63) is 69.0 Å². The van der Waals surface area contributed by atoms with Gasteiger partial charge in [-0.3, -0.25) is 29.4 Å². The monoisotopic (exact) mass is 475 g/mol. The molecule has 180 valence electrons. The van der Waals surface area contributed by atoms with E-state index in [2.05, 4.69) is 11.1 Å². The molecule has 1 aromatic heterocycles. The third kappa shape index (κ3) is 4.16. The summed E-state index contributed by atoms with van der Waals surface area (Å²) in [4.78, 5) is 59.5. The molecule has 0 radical (unpaired) electrons. The molecule has 0 atom stereocenters. The van der Waals surface area contributed by atoms with E-state index in [9.17, 15) is 24.5 Å². The smallest absolute Gasteiger partial charge is 0.282 e. The van der Waals surface area contributed by atoms with Crippen molar-refractivity contribution in [1.29, 1.82) is 0 Å². The standard InChI is InChI=1S/C25H25N5O5/c1-15-7-8-18-19(14-15)27-23(26-18)16-9-12-28(13-10-16)21(31)6-3-11-29-24(32)17-4-2-5-20(30(34)35)22(17)25(29)33/h2,4-5,7-8,14,16H,3,6,9-13H2,1H3,(H,26,27). The summed E-state index contributed by atoms with van der Waals surface area (Å²) in [6.45, 7) is 3.34. The number of carbonyl (C=O) groups excluding carboxylic acids is 3. The molecule has 3 heterocycles. The van der Waals surface area contributed by atoms with Gasteiger partial charge in [0, 0.05) is 38.0 Å². The normalized spacial score (nSPS) is 16.3. The second kappa shape index (κ2) is 8.94. The summed E-state index contributed by atoms with van der Waals surface area (Å²) in [7, 11) is 0. The number of aromatic nitrogens is 2. The number of imide groups is 1. The van der Waals surface area contributed by atoms with Gasteiger partial charge in [0.2, 0.25) is 5.91 Å². The Bertz CT molecular complexity index is 1360. The van der Waals surface area contributed by atoms with Crippen molar-refractivity contribution < 1.29 is 19.3 Å². The average molecular weight is 476 g/mol. The maximum absolute atomic E-state index is 12.7. The van der Waals surface area contributed by atoms with Crippen LogP contribution in [0.3, 0.4) is 0 Å². The lowest BCUT2D eigenvalue weighted by molar-refractivity contribution is -0.385. The van der Waals surface area contributed by atoms with Crippen molar-refractivity contribution in [3.8, 4) is 0 Å². The van der Waals surface area contributed by atoms with Gasteiger partial charge in [0.1, 0.15) is 11.4 Å². The lowest BCUT2D eigenvalue weighted by atomic mass is 9.96. The summed E-state index contributed by atoms with van der Waals surface area (Å²) >= 11 is 0. The minimum Gasteiger partial charge on any atom is -0.343 e. The zero-order chi connectivity index (χ0) is 24.7.